The zero-order valence-electron chi connectivity index (χ0n) is 44.4. The van der Waals surface area contributed by atoms with Gasteiger partial charge in [-0.1, -0.05) is 44.2 Å². The number of sulfone groups is 1. The molecule has 390 valence electrons. The lowest BCUT2D eigenvalue weighted by Gasteiger charge is -2.23. The van der Waals surface area contributed by atoms with E-state index in [9.17, 15) is 36.1 Å². The number of benzene rings is 6. The number of carboxylic acid groups (broad SMARTS) is 1. The van der Waals surface area contributed by atoms with E-state index in [1.165, 1.54) is 26.0 Å². The second kappa shape index (κ2) is 23.0. The van der Waals surface area contributed by atoms with Crippen LogP contribution in [0.2, 0.25) is 0 Å². The molecule has 0 unspecified atom stereocenters. The zero-order chi connectivity index (χ0) is 54.6. The third-order valence-electron chi connectivity index (χ3n) is 13.1. The van der Waals surface area contributed by atoms with Gasteiger partial charge in [-0.2, -0.15) is 0 Å². The van der Waals surface area contributed by atoms with E-state index >= 15 is 0 Å². The lowest BCUT2D eigenvalue weighted by Crippen LogP contribution is -2.25. The monoisotopic (exact) mass is 1040 g/mol. The molecule has 0 bridgehead atoms. The van der Waals surface area contributed by atoms with Gasteiger partial charge in [-0.25, -0.2) is 26.0 Å². The van der Waals surface area contributed by atoms with Gasteiger partial charge in [-0.15, -0.1) is 0 Å². The minimum absolute atomic E-state index is 0.130. The van der Waals surface area contributed by atoms with Gasteiger partial charge in [0.25, 0.3) is 0 Å². The second-order valence-electron chi connectivity index (χ2n) is 19.0. The van der Waals surface area contributed by atoms with Gasteiger partial charge >= 0.3 is 0 Å². The van der Waals surface area contributed by atoms with Gasteiger partial charge < -0.3 is 33.1 Å². The smallest absolute Gasteiger partial charge is 0.203 e. The van der Waals surface area contributed by atoms with Crippen molar-refractivity contribution in [2.24, 2.45) is 5.92 Å². The first-order chi connectivity index (χ1) is 34.8. The quantitative estimate of drug-likeness (QED) is 0.0647. The van der Waals surface area contributed by atoms with E-state index in [4.69, 9.17) is 8.83 Å². The van der Waals surface area contributed by atoms with E-state index in [0.717, 1.165) is 64.3 Å². The topological polar surface area (TPSA) is 187 Å². The Balaban J connectivity index is 0.000000224. The summed E-state index contributed by atoms with van der Waals surface area (Å²) in [6.07, 6.45) is 0. The first-order valence-electron chi connectivity index (χ1n) is 24.5. The van der Waals surface area contributed by atoms with E-state index in [-0.39, 0.29) is 27.7 Å². The van der Waals surface area contributed by atoms with Gasteiger partial charge in [0.1, 0.15) is 66.3 Å². The maximum absolute atomic E-state index is 12.9. The number of hydrogen-bond donors (Lipinski definition) is 0. The molecule has 8 rings (SSSR count). The molecule has 4 aromatic carbocycles. The fourth-order valence-corrected chi connectivity index (χ4v) is 10.2. The molecule has 4 aromatic rings. The van der Waals surface area contributed by atoms with Gasteiger partial charge in [-0.05, 0) is 95.6 Å². The van der Waals surface area contributed by atoms with Crippen molar-refractivity contribution < 1.29 is 44.9 Å². The summed E-state index contributed by atoms with van der Waals surface area (Å²) in [5.41, 5.74) is 6.86. The highest BCUT2D eigenvalue weighted by molar-refractivity contribution is 7.92. The number of carbonyl (C=O) groups is 2. The summed E-state index contributed by atoms with van der Waals surface area (Å²) in [5, 5.41) is 14.4. The Labute approximate surface area is 434 Å². The highest BCUT2D eigenvalue weighted by Crippen LogP contribution is 2.44. The number of carboxylic acids is 1. The lowest BCUT2D eigenvalue weighted by atomic mass is 9.90. The summed E-state index contributed by atoms with van der Waals surface area (Å²) in [5.74, 6) is 0.486. The Morgan fingerprint density at radius 2 is 1.14 bits per heavy atom. The molecule has 0 saturated heterocycles. The van der Waals surface area contributed by atoms with Crippen LogP contribution in [-0.4, -0.2) is 93.3 Å². The number of aromatic carboxylic acids is 1. The van der Waals surface area contributed by atoms with E-state index in [2.05, 4.69) is 18.7 Å². The molecule has 74 heavy (non-hydrogen) atoms. The summed E-state index contributed by atoms with van der Waals surface area (Å²) in [7, 11) is 0.980. The van der Waals surface area contributed by atoms with Gasteiger partial charge in [0.15, 0.2) is 9.84 Å². The van der Waals surface area contributed by atoms with Crippen LogP contribution >= 0.6 is 0 Å². The van der Waals surface area contributed by atoms with Crippen LogP contribution in [0, 0.1) is 5.92 Å². The van der Waals surface area contributed by atoms with E-state index < -0.39 is 36.1 Å². The molecule has 0 aromatic heterocycles. The van der Waals surface area contributed by atoms with Gasteiger partial charge in [0.05, 0.1) is 33.1 Å². The maximum Gasteiger partial charge on any atom is 0.203 e. The van der Waals surface area contributed by atoms with Crippen LogP contribution in [-0.2, 0) is 24.7 Å². The molecule has 2 heterocycles. The van der Waals surface area contributed by atoms with Crippen molar-refractivity contribution in [1.82, 2.24) is 9.15 Å². The molecular formula is C58H66N4O10S2. The van der Waals surface area contributed by atoms with Crippen LogP contribution in [0.4, 0.5) is 11.4 Å². The minimum Gasteiger partial charge on any atom is -0.744 e. The standard InChI is InChI=1S/C29H34N2O6S2.C24H22N2O3.C5H10O/c1-7-30(6)20-10-13-23-26(16-20)37-27-17-21(31(8-2)9-3)11-14-24(27)29(23)25-15-12-22(38(32,33)19(4)5)18-28(25)39(34,35)36;1-25(2)15-9-11-19-21(13-15)29-22-14-16(26(3)4)10-12-20(22)23(19)17-7-5-6-8-18(17)24(27)28;1-4(2)5(3)6/h10-19H,7-9H2,1-6H3;5-14H,1-4H3;4H,1-3H3. The molecule has 2 aliphatic heterocycles. The first kappa shape index (κ1) is 56.2. The fourth-order valence-electron chi connectivity index (χ4n) is 8.32. The zero-order valence-corrected chi connectivity index (χ0v) is 46.1. The number of Topliss-reactive ketones (excluding diaryl/α,β-unsaturated/α-hetero) is 1. The van der Waals surface area contributed by atoms with Crippen molar-refractivity contribution in [3.05, 3.63) is 132 Å². The molecule has 0 N–H and O–H groups in total. The third-order valence-corrected chi connectivity index (χ3v) is 16.2. The Hall–Kier alpha value is -7.14. The van der Waals surface area contributed by atoms with Crippen molar-refractivity contribution in [2.75, 3.05) is 64.7 Å². The van der Waals surface area contributed by atoms with Crippen LogP contribution in [0.5, 0.6) is 0 Å². The molecular weight excluding hydrogens is 977 g/mol. The maximum atomic E-state index is 12.9. The average molecular weight is 1040 g/mol. The number of rotatable bonds is 12. The predicted octanol–water partition coefficient (Wildman–Crippen LogP) is 8.46. The van der Waals surface area contributed by atoms with Crippen molar-refractivity contribution in [3.8, 4) is 44.9 Å². The van der Waals surface area contributed by atoms with Crippen LogP contribution in [0.3, 0.4) is 0 Å². The number of carbonyl (C=O) groups excluding carboxylic acids is 2. The highest BCUT2D eigenvalue weighted by Gasteiger charge is 2.27. The Bertz CT molecular complexity index is 3710. The summed E-state index contributed by atoms with van der Waals surface area (Å²) in [6.45, 7) is 16.9. The van der Waals surface area contributed by atoms with Gasteiger partial charge in [0, 0.05) is 113 Å². The predicted molar refractivity (Wildman–Crippen MR) is 293 cm³/mol. The lowest BCUT2D eigenvalue weighted by molar-refractivity contribution is -0.254. The fraction of sp³-hybridized carbons (Fsp3) is 0.310. The summed E-state index contributed by atoms with van der Waals surface area (Å²) < 4.78 is 80.1. The number of anilines is 2. The van der Waals surface area contributed by atoms with Crippen molar-refractivity contribution >= 4 is 65.0 Å². The molecule has 0 spiro atoms. The number of ketones is 1. The van der Waals surface area contributed by atoms with Crippen LogP contribution < -0.4 is 34.8 Å². The Morgan fingerprint density at radius 3 is 1.62 bits per heavy atom. The summed E-state index contributed by atoms with van der Waals surface area (Å²) in [4.78, 5) is 25.3. The van der Waals surface area contributed by atoms with Crippen molar-refractivity contribution in [1.29, 1.82) is 0 Å². The number of hydrogen-bond acceptors (Lipinski definition) is 12. The molecule has 4 aliphatic rings. The molecule has 0 atom stereocenters. The summed E-state index contributed by atoms with van der Waals surface area (Å²) in [6, 6.07) is 34.0. The minimum atomic E-state index is -5.04. The van der Waals surface area contributed by atoms with E-state index in [1.54, 1.807) is 19.1 Å². The highest BCUT2D eigenvalue weighted by atomic mass is 32.2. The molecule has 0 fully saturated rings. The Kier molecular flexibility index (Phi) is 17.4. The molecule has 0 saturated carbocycles. The SMILES string of the molecule is CC(=O)C(C)C.CCN(CC)c1ccc2c(-c3ccc(S(=O)(=O)C(C)C)cc3S(=O)(=O)[O-])c3ccc(=[N+](C)CC)cc-3oc2c1.CN(C)c1ccc2c(-c3ccccc3C(=O)[O-])c3ccc(=[N+](C)C)cc-3oc2c1. The first-order valence-corrected chi connectivity index (χ1v) is 27.4. The van der Waals surface area contributed by atoms with Crippen molar-refractivity contribution in [3.63, 3.8) is 0 Å². The van der Waals surface area contributed by atoms with E-state index in [1.807, 2.05) is 155 Å². The third kappa shape index (κ3) is 11.9. The van der Waals surface area contributed by atoms with Crippen molar-refractivity contribution in [2.45, 2.75) is 70.4 Å². The van der Waals surface area contributed by atoms with Gasteiger partial charge in [0.2, 0.25) is 10.7 Å². The second-order valence-corrected chi connectivity index (χ2v) is 22.8. The number of nitrogens with zero attached hydrogens (tertiary/aromatic N) is 4. The molecule has 14 nitrogen and oxygen atoms in total. The summed E-state index contributed by atoms with van der Waals surface area (Å²) >= 11 is 0. The molecule has 0 radical (unpaired) electrons. The van der Waals surface area contributed by atoms with Crippen LogP contribution in [0.1, 0.15) is 65.7 Å². The molecule has 0 amide bonds. The van der Waals surface area contributed by atoms with Crippen LogP contribution in [0.15, 0.2) is 134 Å². The molecule has 2 aliphatic carbocycles. The normalized spacial score (nSPS) is 12.1. The number of fused-ring (bicyclic) bond motifs is 4. The Morgan fingerprint density at radius 1 is 0.635 bits per heavy atom. The largest absolute Gasteiger partial charge is 0.744 e. The van der Waals surface area contributed by atoms with Gasteiger partial charge in [-0.3, -0.25) is 4.79 Å². The van der Waals surface area contributed by atoms with E-state index in [0.29, 0.717) is 44.8 Å². The molecule has 16 heteroatoms. The average Bonchev–Trinajstić information content (AvgIpc) is 3.36. The van der Waals surface area contributed by atoms with Crippen LogP contribution in [0.25, 0.3) is 66.8 Å².